The van der Waals surface area contributed by atoms with E-state index in [1.54, 1.807) is 24.3 Å². The molecular weight excluding hydrogens is 744 g/mol. The molecule has 0 spiro atoms. The van der Waals surface area contributed by atoms with Crippen LogP contribution in [0.2, 0.25) is 21.6 Å². The number of benzene rings is 3. The molecule has 1 aliphatic rings. The van der Waals surface area contributed by atoms with Crippen molar-refractivity contribution < 1.29 is 40.7 Å². The van der Waals surface area contributed by atoms with Gasteiger partial charge in [-0.3, -0.25) is 23.8 Å². The van der Waals surface area contributed by atoms with Crippen molar-refractivity contribution in [1.82, 2.24) is 9.88 Å². The van der Waals surface area contributed by atoms with E-state index in [0.717, 1.165) is 15.5 Å². The Morgan fingerprint density at radius 1 is 0.887 bits per heavy atom. The highest BCUT2D eigenvalue weighted by atomic mass is 35.5. The number of carbonyl (C=O) groups excluding carboxylic acids is 2. The average molecular weight is 788 g/mol. The van der Waals surface area contributed by atoms with Gasteiger partial charge in [0.1, 0.15) is 34.4 Å². The highest BCUT2D eigenvalue weighted by Gasteiger charge is 2.51. The first kappa shape index (κ1) is 39.9. The number of hydrogen-bond acceptors (Lipinski definition) is 8. The van der Waals surface area contributed by atoms with Gasteiger partial charge in [-0.05, 0) is 52.0 Å². The lowest BCUT2D eigenvalue weighted by Crippen LogP contribution is -2.51. The molecule has 0 unspecified atom stereocenters. The van der Waals surface area contributed by atoms with Crippen molar-refractivity contribution in [1.29, 1.82) is 0 Å². The maximum Gasteiger partial charge on any atom is 0.265 e. The third-order valence-electron chi connectivity index (χ3n) is 10.2. The van der Waals surface area contributed by atoms with Crippen molar-refractivity contribution in [3.05, 3.63) is 87.1 Å². The largest absolute Gasteiger partial charge is 0.541 e. The Hall–Kier alpha value is -4.27. The number of hydrogen-bond donors (Lipinski definition) is 0. The third-order valence-corrected chi connectivity index (χ3v) is 17.6. The normalized spacial score (nSPS) is 13.5. The van der Waals surface area contributed by atoms with Crippen molar-refractivity contribution in [3.63, 3.8) is 0 Å². The highest BCUT2D eigenvalue weighted by Crippen LogP contribution is 2.50. The van der Waals surface area contributed by atoms with Gasteiger partial charge in [-0.25, -0.2) is 17.2 Å². The summed E-state index contributed by atoms with van der Waals surface area (Å²) < 4.78 is 74.6. The van der Waals surface area contributed by atoms with Crippen LogP contribution in [0.25, 0.3) is 10.9 Å². The fourth-order valence-corrected chi connectivity index (χ4v) is 13.5. The second kappa shape index (κ2) is 14.9. The first-order valence-corrected chi connectivity index (χ1v) is 21.5. The Morgan fingerprint density at radius 3 is 2.08 bits per heavy atom. The highest BCUT2D eigenvalue weighted by molar-refractivity contribution is 7.92. The van der Waals surface area contributed by atoms with Crippen LogP contribution in [-0.2, 0) is 23.0 Å². The molecule has 1 aromatic heterocycles. The summed E-state index contributed by atoms with van der Waals surface area (Å²) in [4.78, 5) is 35.2. The molecule has 0 fully saturated rings. The third kappa shape index (κ3) is 7.08. The van der Waals surface area contributed by atoms with E-state index in [2.05, 4.69) is 41.5 Å². The maximum absolute atomic E-state index is 14.9. The lowest BCUT2D eigenvalue weighted by molar-refractivity contribution is 0.0641. The maximum atomic E-state index is 14.9. The number of amides is 2. The Kier molecular flexibility index (Phi) is 11.2. The lowest BCUT2D eigenvalue weighted by Gasteiger charge is -2.42. The number of sulfonamides is 1. The summed E-state index contributed by atoms with van der Waals surface area (Å²) in [5.74, 6) is -2.19. The molecular formula is C38H44ClF2N3O7SSi. The molecule has 5 rings (SSSR count). The van der Waals surface area contributed by atoms with Crippen LogP contribution in [0.5, 0.6) is 17.2 Å². The van der Waals surface area contributed by atoms with Crippen molar-refractivity contribution >= 4 is 58.3 Å². The van der Waals surface area contributed by atoms with E-state index in [1.165, 1.54) is 33.5 Å². The van der Waals surface area contributed by atoms with Gasteiger partial charge in [-0.1, -0.05) is 53.1 Å². The minimum Gasteiger partial charge on any atom is -0.541 e. The lowest BCUT2D eigenvalue weighted by atomic mass is 9.98. The van der Waals surface area contributed by atoms with Gasteiger partial charge in [0.05, 0.1) is 48.9 Å². The predicted octanol–water partition coefficient (Wildman–Crippen LogP) is 8.52. The van der Waals surface area contributed by atoms with Crippen molar-refractivity contribution in [2.24, 2.45) is 0 Å². The SMILES string of the molecule is COc1ccc(CN2C(=O)c3c(c(O[Si](C(C)C)(C(C)C)C(C)C)c4ncc(Cc5cc(Cl)c(F)cc5F)cc4c3N(C)S(C)(=O)=O)C2=O)c(OC)c1. The van der Waals surface area contributed by atoms with Crippen molar-refractivity contribution in [3.8, 4) is 17.2 Å². The van der Waals surface area contributed by atoms with Crippen LogP contribution in [0.15, 0.2) is 42.6 Å². The average Bonchev–Trinajstić information content (AvgIpc) is 3.32. The number of ether oxygens (including phenoxy) is 2. The molecule has 10 nitrogen and oxygen atoms in total. The zero-order chi connectivity index (χ0) is 39.3. The van der Waals surface area contributed by atoms with E-state index in [0.29, 0.717) is 28.7 Å². The van der Waals surface area contributed by atoms with Crippen LogP contribution in [0.1, 0.15) is 78.9 Å². The van der Waals surface area contributed by atoms with Crippen LogP contribution < -0.4 is 18.2 Å². The fraction of sp³-hybridized carbons (Fsp3) is 0.395. The second-order valence-electron chi connectivity index (χ2n) is 14.2. The first-order valence-electron chi connectivity index (χ1n) is 17.1. The molecule has 0 atom stereocenters. The zero-order valence-corrected chi connectivity index (χ0v) is 34.0. The van der Waals surface area contributed by atoms with Gasteiger partial charge in [-0.2, -0.15) is 0 Å². The van der Waals surface area contributed by atoms with Gasteiger partial charge in [0.15, 0.2) is 0 Å². The Bertz CT molecular complexity index is 2210. The monoisotopic (exact) mass is 787 g/mol. The number of fused-ring (bicyclic) bond motifs is 2. The molecule has 2 amide bonds. The van der Waals surface area contributed by atoms with E-state index >= 15 is 0 Å². The zero-order valence-electron chi connectivity index (χ0n) is 31.4. The summed E-state index contributed by atoms with van der Waals surface area (Å²) >= 11 is 5.99. The smallest absolute Gasteiger partial charge is 0.265 e. The van der Waals surface area contributed by atoms with Gasteiger partial charge >= 0.3 is 0 Å². The van der Waals surface area contributed by atoms with E-state index in [-0.39, 0.29) is 73.6 Å². The molecule has 53 heavy (non-hydrogen) atoms. The summed E-state index contributed by atoms with van der Waals surface area (Å²) in [6, 6.07) is 8.46. The molecule has 0 aliphatic carbocycles. The molecule has 0 saturated heterocycles. The van der Waals surface area contributed by atoms with Gasteiger partial charge in [-0.15, -0.1) is 0 Å². The Balaban J connectivity index is 1.86. The molecule has 0 radical (unpaired) electrons. The fourth-order valence-electron chi connectivity index (χ4n) is 7.56. The number of methoxy groups -OCH3 is 2. The molecule has 2 heterocycles. The molecule has 4 aromatic rings. The van der Waals surface area contributed by atoms with Crippen molar-refractivity contribution in [2.45, 2.75) is 71.1 Å². The second-order valence-corrected chi connectivity index (χ2v) is 22.0. The molecule has 0 bridgehead atoms. The topological polar surface area (TPSA) is 115 Å². The summed E-state index contributed by atoms with van der Waals surface area (Å²) in [6.45, 7) is 12.2. The summed E-state index contributed by atoms with van der Waals surface area (Å²) in [7, 11) is -2.65. The van der Waals surface area contributed by atoms with Crippen LogP contribution in [0.3, 0.4) is 0 Å². The number of imide groups is 1. The van der Waals surface area contributed by atoms with E-state index in [1.807, 2.05) is 0 Å². The van der Waals surface area contributed by atoms with Crippen molar-refractivity contribution in [2.75, 3.05) is 31.8 Å². The van der Waals surface area contributed by atoms with Gasteiger partial charge in [0, 0.05) is 42.7 Å². The van der Waals surface area contributed by atoms with Gasteiger partial charge < -0.3 is 13.9 Å². The van der Waals surface area contributed by atoms with E-state index in [4.69, 9.17) is 30.5 Å². The molecule has 1 aliphatic heterocycles. The van der Waals surface area contributed by atoms with E-state index < -0.39 is 41.8 Å². The van der Waals surface area contributed by atoms with Crippen LogP contribution in [-0.4, -0.2) is 66.0 Å². The van der Waals surface area contributed by atoms with Crippen LogP contribution in [0.4, 0.5) is 14.5 Å². The first-order chi connectivity index (χ1) is 24.8. The minimum atomic E-state index is -4.04. The molecule has 15 heteroatoms. The minimum absolute atomic E-state index is 0.0453. The Morgan fingerprint density at radius 2 is 1.51 bits per heavy atom. The number of anilines is 1. The number of aromatic nitrogens is 1. The number of nitrogens with zero attached hydrogens (tertiary/aromatic N) is 3. The Labute approximate surface area is 315 Å². The molecule has 284 valence electrons. The summed E-state index contributed by atoms with van der Waals surface area (Å²) in [5.41, 5.74) is 0.961. The molecule has 3 aromatic carbocycles. The summed E-state index contributed by atoms with van der Waals surface area (Å²) in [5, 5.41) is -0.0711. The molecule has 0 saturated carbocycles. The number of carbonyl (C=O) groups is 2. The van der Waals surface area contributed by atoms with E-state index in [9.17, 15) is 26.8 Å². The number of halogens is 3. The van der Waals surface area contributed by atoms with Gasteiger partial charge in [0.2, 0.25) is 10.0 Å². The predicted molar refractivity (Wildman–Crippen MR) is 205 cm³/mol. The number of rotatable bonds is 13. The number of pyridine rings is 1. The summed E-state index contributed by atoms with van der Waals surface area (Å²) in [6.07, 6.45) is 2.36. The molecule has 0 N–H and O–H groups in total. The van der Waals surface area contributed by atoms with Crippen LogP contribution >= 0.6 is 11.6 Å². The van der Waals surface area contributed by atoms with Crippen LogP contribution in [0, 0.1) is 11.6 Å². The quantitative estimate of drug-likeness (QED) is 0.0753. The standard InChI is InChI=1S/C38H44ClF2N3O7SSi/c1-20(2)53(21(3)4,22(5)6)51-36-33-32(37(45)44(38(33)46)19-24-11-12-26(49-8)16-31(24)50-9)35(43(7)52(10,47)48)27-14-23(18-42-34(27)36)13-25-15-28(39)30(41)17-29(25)40/h11-12,14-18,20-22H,13,19H2,1-10H3. The van der Waals surface area contributed by atoms with Gasteiger partial charge in [0.25, 0.3) is 20.1 Å².